The summed E-state index contributed by atoms with van der Waals surface area (Å²) in [4.78, 5) is 28.9. The molecule has 0 saturated heterocycles. The van der Waals surface area contributed by atoms with Crippen LogP contribution in [0.1, 0.15) is 49.3 Å². The zero-order chi connectivity index (χ0) is 28.9. The average molecular weight is 582 g/mol. The molecule has 7 nitrogen and oxygen atoms in total. The van der Waals surface area contributed by atoms with Gasteiger partial charge in [-0.05, 0) is 69.0 Å². The Kier molecular flexibility index (Phi) is 9.53. The minimum Gasteiger partial charge on any atom is -0.352 e. The molecule has 3 aromatic carbocycles. The van der Waals surface area contributed by atoms with Crippen molar-refractivity contribution in [2.24, 2.45) is 0 Å². The normalized spacial score (nSPS) is 14.5. The molecule has 212 valence electrons. The van der Waals surface area contributed by atoms with Crippen LogP contribution in [0.5, 0.6) is 0 Å². The molecule has 1 N–H and O–H groups in total. The zero-order valence-electron chi connectivity index (χ0n) is 23.1. The number of halogens is 1. The van der Waals surface area contributed by atoms with E-state index in [2.05, 4.69) is 5.32 Å². The second-order valence-corrected chi connectivity index (χ2v) is 12.7. The summed E-state index contributed by atoms with van der Waals surface area (Å²) < 4.78 is 28.9. The molecule has 0 heterocycles. The Bertz CT molecular complexity index is 1460. The second-order valence-electron chi connectivity index (χ2n) is 10.4. The predicted octanol–water partition coefficient (Wildman–Crippen LogP) is 5.63. The van der Waals surface area contributed by atoms with Crippen LogP contribution in [0.15, 0.2) is 77.7 Å². The van der Waals surface area contributed by atoms with Crippen molar-refractivity contribution in [3.8, 4) is 0 Å². The minimum absolute atomic E-state index is 0.0550. The molecule has 3 aromatic rings. The van der Waals surface area contributed by atoms with E-state index in [1.165, 1.54) is 17.0 Å². The molecular weight excluding hydrogens is 546 g/mol. The number of nitrogens with zero attached hydrogens (tertiary/aromatic N) is 2. The van der Waals surface area contributed by atoms with Gasteiger partial charge >= 0.3 is 0 Å². The van der Waals surface area contributed by atoms with Crippen molar-refractivity contribution in [1.29, 1.82) is 0 Å². The maximum atomic E-state index is 14.1. The highest BCUT2D eigenvalue weighted by Crippen LogP contribution is 2.31. The Morgan fingerprint density at radius 3 is 2.33 bits per heavy atom. The van der Waals surface area contributed by atoms with Crippen LogP contribution in [-0.4, -0.2) is 43.8 Å². The van der Waals surface area contributed by atoms with Crippen LogP contribution in [0.25, 0.3) is 0 Å². The molecule has 0 spiro atoms. The van der Waals surface area contributed by atoms with Gasteiger partial charge in [-0.15, -0.1) is 0 Å². The summed E-state index contributed by atoms with van der Waals surface area (Å²) in [5.74, 6) is -0.737. The molecule has 0 bridgehead atoms. The Balaban J connectivity index is 1.71. The van der Waals surface area contributed by atoms with Gasteiger partial charge in [0, 0.05) is 17.6 Å². The van der Waals surface area contributed by atoms with Crippen LogP contribution in [-0.2, 0) is 26.2 Å². The fourth-order valence-electron chi connectivity index (χ4n) is 5.08. The van der Waals surface area contributed by atoms with Gasteiger partial charge in [0.2, 0.25) is 11.8 Å². The van der Waals surface area contributed by atoms with Gasteiger partial charge in [0.25, 0.3) is 10.0 Å². The molecule has 1 fully saturated rings. The number of rotatable bonds is 10. The number of hydrogen-bond acceptors (Lipinski definition) is 4. The Labute approximate surface area is 242 Å². The number of aryl methyl sites for hydroxylation is 1. The first-order valence-electron chi connectivity index (χ1n) is 13.6. The molecule has 0 radical (unpaired) electrons. The Morgan fingerprint density at radius 1 is 0.975 bits per heavy atom. The van der Waals surface area contributed by atoms with Crippen LogP contribution >= 0.6 is 11.6 Å². The number of sulfonamides is 1. The lowest BCUT2D eigenvalue weighted by atomic mass is 10.1. The van der Waals surface area contributed by atoms with E-state index in [1.807, 2.05) is 31.2 Å². The van der Waals surface area contributed by atoms with Crippen LogP contribution in [0.2, 0.25) is 5.02 Å². The molecule has 1 aliphatic rings. The average Bonchev–Trinajstić information content (AvgIpc) is 3.45. The highest BCUT2D eigenvalue weighted by atomic mass is 35.5. The molecule has 40 heavy (non-hydrogen) atoms. The molecular formula is C31H36ClN3O4S. The molecule has 4 rings (SSSR count). The van der Waals surface area contributed by atoms with Crippen molar-refractivity contribution >= 4 is 39.1 Å². The molecule has 1 atom stereocenters. The topological polar surface area (TPSA) is 86.8 Å². The summed E-state index contributed by atoms with van der Waals surface area (Å²) in [7, 11) is -4.14. The van der Waals surface area contributed by atoms with Crippen LogP contribution < -0.4 is 9.62 Å². The zero-order valence-corrected chi connectivity index (χ0v) is 24.7. The smallest absolute Gasteiger partial charge is 0.264 e. The maximum absolute atomic E-state index is 14.1. The molecule has 0 aliphatic heterocycles. The van der Waals surface area contributed by atoms with E-state index >= 15 is 0 Å². The quantitative estimate of drug-likeness (QED) is 0.336. The van der Waals surface area contributed by atoms with Crippen LogP contribution in [0.3, 0.4) is 0 Å². The monoisotopic (exact) mass is 581 g/mol. The lowest BCUT2D eigenvalue weighted by Crippen LogP contribution is -2.52. The third-order valence-electron chi connectivity index (χ3n) is 7.42. The van der Waals surface area contributed by atoms with E-state index in [0.717, 1.165) is 41.1 Å². The van der Waals surface area contributed by atoms with Crippen molar-refractivity contribution < 1.29 is 18.0 Å². The lowest BCUT2D eigenvalue weighted by molar-refractivity contribution is -0.139. The van der Waals surface area contributed by atoms with E-state index < -0.39 is 28.5 Å². The van der Waals surface area contributed by atoms with Crippen molar-refractivity contribution in [3.05, 3.63) is 94.5 Å². The summed E-state index contributed by atoms with van der Waals surface area (Å²) in [5.41, 5.74) is 2.72. The summed E-state index contributed by atoms with van der Waals surface area (Å²) in [5, 5.41) is 3.47. The fourth-order valence-corrected chi connectivity index (χ4v) is 6.74. The molecule has 9 heteroatoms. The van der Waals surface area contributed by atoms with Gasteiger partial charge in [-0.3, -0.25) is 13.9 Å². The standard InChI is InChI=1S/C31H36ClN3O4S/c1-22-11-9-12-25(19-22)20-34(24(3)31(37)33-26-13-7-8-14-26)30(36)21-35(29-18-10-17-28(32)23(29)2)40(38,39)27-15-5-4-6-16-27/h4-6,9-12,15-19,24,26H,7-8,13-14,20-21H2,1-3H3,(H,33,37). The Morgan fingerprint density at radius 2 is 1.65 bits per heavy atom. The second kappa shape index (κ2) is 12.9. The van der Waals surface area contributed by atoms with Gasteiger partial charge in [0.1, 0.15) is 12.6 Å². The van der Waals surface area contributed by atoms with Crippen molar-refractivity contribution in [1.82, 2.24) is 10.2 Å². The first-order valence-corrected chi connectivity index (χ1v) is 15.4. The fraction of sp³-hybridized carbons (Fsp3) is 0.355. The summed E-state index contributed by atoms with van der Waals surface area (Å²) >= 11 is 6.38. The SMILES string of the molecule is Cc1cccc(CN(C(=O)CN(c2cccc(Cl)c2C)S(=O)(=O)c2ccccc2)C(C)C(=O)NC2CCCC2)c1. The summed E-state index contributed by atoms with van der Waals surface area (Å²) in [6.07, 6.45) is 3.97. The minimum atomic E-state index is -4.14. The molecule has 2 amide bonds. The lowest BCUT2D eigenvalue weighted by Gasteiger charge is -2.33. The van der Waals surface area contributed by atoms with Gasteiger partial charge in [0.05, 0.1) is 10.6 Å². The van der Waals surface area contributed by atoms with Crippen molar-refractivity contribution in [3.63, 3.8) is 0 Å². The van der Waals surface area contributed by atoms with E-state index in [4.69, 9.17) is 11.6 Å². The number of carbonyl (C=O) groups excluding carboxylic acids is 2. The molecule has 1 aliphatic carbocycles. The Hall–Kier alpha value is -3.36. The van der Waals surface area contributed by atoms with E-state index in [0.29, 0.717) is 16.3 Å². The maximum Gasteiger partial charge on any atom is 0.264 e. The molecule has 1 unspecified atom stereocenters. The van der Waals surface area contributed by atoms with Gasteiger partial charge in [0.15, 0.2) is 0 Å². The highest BCUT2D eigenvalue weighted by Gasteiger charge is 2.34. The number of benzene rings is 3. The number of hydrogen-bond donors (Lipinski definition) is 1. The van der Waals surface area contributed by atoms with Crippen LogP contribution in [0, 0.1) is 13.8 Å². The number of carbonyl (C=O) groups is 2. The van der Waals surface area contributed by atoms with Gasteiger partial charge in [-0.25, -0.2) is 8.42 Å². The largest absolute Gasteiger partial charge is 0.352 e. The first-order chi connectivity index (χ1) is 19.1. The predicted molar refractivity (Wildman–Crippen MR) is 159 cm³/mol. The summed E-state index contributed by atoms with van der Waals surface area (Å²) in [6.45, 7) is 5.04. The number of nitrogens with one attached hydrogen (secondary N) is 1. The van der Waals surface area contributed by atoms with Crippen molar-refractivity contribution in [2.45, 2.75) is 70.0 Å². The van der Waals surface area contributed by atoms with E-state index in [-0.39, 0.29) is 23.4 Å². The van der Waals surface area contributed by atoms with Gasteiger partial charge < -0.3 is 10.2 Å². The van der Waals surface area contributed by atoms with Gasteiger partial charge in [-0.1, -0.05) is 78.5 Å². The number of anilines is 1. The first kappa shape index (κ1) is 29.6. The van der Waals surface area contributed by atoms with E-state index in [1.54, 1.807) is 50.2 Å². The van der Waals surface area contributed by atoms with Gasteiger partial charge in [-0.2, -0.15) is 0 Å². The molecule has 0 aromatic heterocycles. The third-order valence-corrected chi connectivity index (χ3v) is 9.61. The third kappa shape index (κ3) is 6.85. The summed E-state index contributed by atoms with van der Waals surface area (Å²) in [6, 6.07) is 20.0. The highest BCUT2D eigenvalue weighted by molar-refractivity contribution is 7.92. The molecule has 1 saturated carbocycles. The number of amides is 2. The van der Waals surface area contributed by atoms with E-state index in [9.17, 15) is 18.0 Å². The van der Waals surface area contributed by atoms with Crippen molar-refractivity contribution in [2.75, 3.05) is 10.8 Å². The van der Waals surface area contributed by atoms with Crippen LogP contribution in [0.4, 0.5) is 5.69 Å².